The summed E-state index contributed by atoms with van der Waals surface area (Å²) < 4.78 is 6.09. The molecule has 3 N–H and O–H groups in total. The third-order valence-corrected chi connectivity index (χ3v) is 3.87. The molecule has 0 radical (unpaired) electrons. The number of nitrogen functional groups attached to an aromatic ring is 1. The number of benzene rings is 1. The van der Waals surface area contributed by atoms with Crippen molar-refractivity contribution in [2.45, 2.75) is 10.6 Å². The van der Waals surface area contributed by atoms with Gasteiger partial charge in [-0.25, -0.2) is 4.79 Å². The van der Waals surface area contributed by atoms with Gasteiger partial charge in [0.05, 0.1) is 12.0 Å². The van der Waals surface area contributed by atoms with Gasteiger partial charge in [-0.15, -0.1) is 11.8 Å². The maximum atomic E-state index is 10.9. The molecule has 0 aliphatic rings. The summed E-state index contributed by atoms with van der Waals surface area (Å²) >= 11 is 4.80. The van der Waals surface area contributed by atoms with Gasteiger partial charge < -0.3 is 15.3 Å². The molecule has 0 spiro atoms. The lowest BCUT2D eigenvalue weighted by atomic mass is 10.3. The molecule has 0 atom stereocenters. The van der Waals surface area contributed by atoms with Crippen LogP contribution in [0.2, 0.25) is 0 Å². The van der Waals surface area contributed by atoms with Crippen LogP contribution in [0.1, 0.15) is 16.1 Å². The van der Waals surface area contributed by atoms with Crippen LogP contribution in [-0.2, 0) is 5.75 Å². The van der Waals surface area contributed by atoms with E-state index in [4.69, 9.17) is 15.3 Å². The van der Waals surface area contributed by atoms with E-state index in [2.05, 4.69) is 15.9 Å². The minimum absolute atomic E-state index is 0.191. The molecule has 1 aromatic heterocycles. The molecule has 0 aliphatic heterocycles. The third-order valence-electron chi connectivity index (χ3n) is 2.31. The zero-order valence-electron chi connectivity index (χ0n) is 9.22. The molecule has 4 nitrogen and oxygen atoms in total. The van der Waals surface area contributed by atoms with Gasteiger partial charge in [-0.2, -0.15) is 0 Å². The third kappa shape index (κ3) is 2.88. The molecule has 18 heavy (non-hydrogen) atoms. The summed E-state index contributed by atoms with van der Waals surface area (Å²) in [6.07, 6.45) is 1.38. The number of hydrogen-bond donors (Lipinski definition) is 2. The molecule has 1 aromatic carbocycles. The zero-order chi connectivity index (χ0) is 13.1. The molecule has 94 valence electrons. The molecule has 0 bridgehead atoms. The maximum Gasteiger partial charge on any atom is 0.339 e. The number of carboxylic acid groups (broad SMARTS) is 1. The first-order valence-corrected chi connectivity index (χ1v) is 6.83. The highest BCUT2D eigenvalue weighted by Crippen LogP contribution is 2.31. The highest BCUT2D eigenvalue weighted by atomic mass is 79.9. The number of aromatic carboxylic acids is 1. The Morgan fingerprint density at radius 3 is 2.94 bits per heavy atom. The van der Waals surface area contributed by atoms with Crippen molar-refractivity contribution in [2.24, 2.45) is 0 Å². The average molecular weight is 328 g/mol. The summed E-state index contributed by atoms with van der Waals surface area (Å²) in [6.45, 7) is 0. The Hall–Kier alpha value is -1.40. The Bertz CT molecular complexity index is 582. The minimum Gasteiger partial charge on any atom is -0.478 e. The fraction of sp³-hybridized carbons (Fsp3) is 0.0833. The molecule has 2 rings (SSSR count). The van der Waals surface area contributed by atoms with E-state index in [0.29, 0.717) is 17.2 Å². The minimum atomic E-state index is -0.985. The molecule has 2 aromatic rings. The molecule has 0 saturated heterocycles. The lowest BCUT2D eigenvalue weighted by Gasteiger charge is -2.05. The molecule has 0 saturated carbocycles. The van der Waals surface area contributed by atoms with Gasteiger partial charge in [-0.1, -0.05) is 15.9 Å². The topological polar surface area (TPSA) is 76.5 Å². The van der Waals surface area contributed by atoms with E-state index < -0.39 is 5.97 Å². The number of carboxylic acids is 1. The van der Waals surface area contributed by atoms with Crippen LogP contribution < -0.4 is 5.73 Å². The smallest absolute Gasteiger partial charge is 0.339 e. The normalized spacial score (nSPS) is 10.5. The summed E-state index contributed by atoms with van der Waals surface area (Å²) in [5.41, 5.74) is 6.69. The Labute approximate surface area is 116 Å². The van der Waals surface area contributed by atoms with Gasteiger partial charge in [0, 0.05) is 15.1 Å². The standard InChI is InChI=1S/C12H10BrNO3S/c13-7-1-2-9(14)11(5-7)18-6-10-8(12(15)16)3-4-17-10/h1-5H,6,14H2,(H,15,16). The number of thioether (sulfide) groups is 1. The Kier molecular flexibility index (Phi) is 3.98. The molecule has 6 heteroatoms. The average Bonchev–Trinajstić information content (AvgIpc) is 2.79. The Morgan fingerprint density at radius 1 is 1.44 bits per heavy atom. The van der Waals surface area contributed by atoms with Gasteiger partial charge >= 0.3 is 5.97 Å². The van der Waals surface area contributed by atoms with Crippen molar-refractivity contribution in [3.63, 3.8) is 0 Å². The monoisotopic (exact) mass is 327 g/mol. The van der Waals surface area contributed by atoms with Crippen molar-refractivity contribution >= 4 is 39.3 Å². The second-order valence-electron chi connectivity index (χ2n) is 3.53. The van der Waals surface area contributed by atoms with Crippen molar-refractivity contribution < 1.29 is 14.3 Å². The van der Waals surface area contributed by atoms with Crippen LogP contribution in [0.15, 0.2) is 44.3 Å². The van der Waals surface area contributed by atoms with Crippen molar-refractivity contribution in [2.75, 3.05) is 5.73 Å². The number of anilines is 1. The summed E-state index contributed by atoms with van der Waals surface area (Å²) in [6, 6.07) is 6.99. The van der Waals surface area contributed by atoms with Crippen molar-refractivity contribution in [3.8, 4) is 0 Å². The number of rotatable bonds is 4. The fourth-order valence-electron chi connectivity index (χ4n) is 1.42. The van der Waals surface area contributed by atoms with E-state index in [-0.39, 0.29) is 5.56 Å². The second-order valence-corrected chi connectivity index (χ2v) is 5.47. The van der Waals surface area contributed by atoms with Crippen LogP contribution in [0, 0.1) is 0 Å². The van der Waals surface area contributed by atoms with E-state index >= 15 is 0 Å². The highest BCUT2D eigenvalue weighted by Gasteiger charge is 2.14. The van der Waals surface area contributed by atoms with Crippen LogP contribution in [-0.4, -0.2) is 11.1 Å². The first-order valence-electron chi connectivity index (χ1n) is 5.05. The van der Waals surface area contributed by atoms with Crippen LogP contribution in [0.3, 0.4) is 0 Å². The van der Waals surface area contributed by atoms with Crippen LogP contribution >= 0.6 is 27.7 Å². The summed E-state index contributed by atoms with van der Waals surface area (Å²) in [7, 11) is 0. The van der Waals surface area contributed by atoms with Gasteiger partial charge in [0.25, 0.3) is 0 Å². The maximum absolute atomic E-state index is 10.9. The number of halogens is 1. The Balaban J connectivity index is 2.14. The van der Waals surface area contributed by atoms with Crippen LogP contribution in [0.4, 0.5) is 5.69 Å². The summed E-state index contributed by atoms with van der Waals surface area (Å²) in [5, 5.41) is 8.95. The number of carbonyl (C=O) groups is 1. The predicted molar refractivity (Wildman–Crippen MR) is 73.8 cm³/mol. The molecule has 0 unspecified atom stereocenters. The molecular weight excluding hydrogens is 318 g/mol. The van der Waals surface area contributed by atoms with Crippen LogP contribution in [0.5, 0.6) is 0 Å². The largest absolute Gasteiger partial charge is 0.478 e. The van der Waals surface area contributed by atoms with Crippen molar-refractivity contribution in [1.29, 1.82) is 0 Å². The van der Waals surface area contributed by atoms with E-state index in [1.54, 1.807) is 6.07 Å². The SMILES string of the molecule is Nc1ccc(Br)cc1SCc1occc1C(=O)O. The van der Waals surface area contributed by atoms with Crippen LogP contribution in [0.25, 0.3) is 0 Å². The highest BCUT2D eigenvalue weighted by molar-refractivity contribution is 9.10. The van der Waals surface area contributed by atoms with Gasteiger partial charge in [0.15, 0.2) is 0 Å². The first kappa shape index (κ1) is 13.0. The number of furan rings is 1. The molecule has 0 amide bonds. The zero-order valence-corrected chi connectivity index (χ0v) is 11.6. The van der Waals surface area contributed by atoms with Crippen molar-refractivity contribution in [1.82, 2.24) is 0 Å². The van der Waals surface area contributed by atoms with E-state index in [9.17, 15) is 4.79 Å². The van der Waals surface area contributed by atoms with E-state index in [0.717, 1.165) is 9.37 Å². The number of hydrogen-bond acceptors (Lipinski definition) is 4. The fourth-order valence-corrected chi connectivity index (χ4v) is 2.89. The van der Waals surface area contributed by atoms with Gasteiger partial charge in [0.2, 0.25) is 0 Å². The van der Waals surface area contributed by atoms with Gasteiger partial charge in [-0.05, 0) is 24.3 Å². The van der Waals surface area contributed by atoms with Gasteiger partial charge in [0.1, 0.15) is 11.3 Å². The predicted octanol–water partition coefficient (Wildman–Crippen LogP) is 3.61. The lowest BCUT2D eigenvalue weighted by molar-refractivity contribution is 0.0695. The molecule has 0 fully saturated rings. The van der Waals surface area contributed by atoms with Gasteiger partial charge in [-0.3, -0.25) is 0 Å². The molecular formula is C12H10BrNO3S. The molecule has 1 heterocycles. The lowest BCUT2D eigenvalue weighted by Crippen LogP contribution is -1.97. The summed E-state index contributed by atoms with van der Waals surface area (Å²) in [5.74, 6) is -0.122. The summed E-state index contributed by atoms with van der Waals surface area (Å²) in [4.78, 5) is 11.8. The Morgan fingerprint density at radius 2 is 2.22 bits per heavy atom. The quantitative estimate of drug-likeness (QED) is 0.662. The number of nitrogens with two attached hydrogens (primary N) is 1. The van der Waals surface area contributed by atoms with Crippen molar-refractivity contribution in [3.05, 3.63) is 46.3 Å². The van der Waals surface area contributed by atoms with E-state index in [1.165, 1.54) is 24.1 Å². The first-order chi connectivity index (χ1) is 8.58. The molecule has 0 aliphatic carbocycles. The van der Waals surface area contributed by atoms with E-state index in [1.807, 2.05) is 12.1 Å². The second kappa shape index (κ2) is 5.49.